The summed E-state index contributed by atoms with van der Waals surface area (Å²) < 4.78 is 10.5. The molecule has 15 heavy (non-hydrogen) atoms. The lowest BCUT2D eigenvalue weighted by Crippen LogP contribution is -2.24. The maximum absolute atomic E-state index is 5.23. The zero-order valence-electron chi connectivity index (χ0n) is 9.69. The second-order valence-electron chi connectivity index (χ2n) is 3.43. The molecule has 0 saturated heterocycles. The van der Waals surface area contributed by atoms with Gasteiger partial charge in [-0.15, -0.1) is 11.8 Å². The van der Waals surface area contributed by atoms with Gasteiger partial charge in [-0.1, -0.05) is 18.2 Å². The van der Waals surface area contributed by atoms with Gasteiger partial charge in [-0.2, -0.15) is 0 Å². The first kappa shape index (κ1) is 12.6. The summed E-state index contributed by atoms with van der Waals surface area (Å²) in [7, 11) is 3.34. The van der Waals surface area contributed by atoms with E-state index in [0.717, 1.165) is 0 Å². The number of benzene rings is 1. The van der Waals surface area contributed by atoms with Gasteiger partial charge in [0.1, 0.15) is 0 Å². The molecule has 0 heterocycles. The highest BCUT2D eigenvalue weighted by molar-refractivity contribution is 8.00. The van der Waals surface area contributed by atoms with Crippen LogP contribution in [0.4, 0.5) is 0 Å². The van der Waals surface area contributed by atoms with Crippen molar-refractivity contribution >= 4 is 11.8 Å². The number of thioether (sulfide) groups is 1. The van der Waals surface area contributed by atoms with Gasteiger partial charge in [-0.3, -0.25) is 0 Å². The van der Waals surface area contributed by atoms with Crippen LogP contribution in [0, 0.1) is 6.92 Å². The van der Waals surface area contributed by atoms with Crippen LogP contribution in [-0.2, 0) is 9.47 Å². The van der Waals surface area contributed by atoms with E-state index in [1.165, 1.54) is 10.5 Å². The fourth-order valence-corrected chi connectivity index (χ4v) is 2.57. The Labute approximate surface area is 96.0 Å². The second-order valence-corrected chi connectivity index (χ2v) is 4.85. The fraction of sp³-hybridized carbons (Fsp3) is 0.500. The third kappa shape index (κ3) is 3.52. The van der Waals surface area contributed by atoms with Gasteiger partial charge < -0.3 is 9.47 Å². The van der Waals surface area contributed by atoms with Gasteiger partial charge >= 0.3 is 0 Å². The average Bonchev–Trinajstić information content (AvgIpc) is 2.23. The van der Waals surface area contributed by atoms with Gasteiger partial charge in [0, 0.05) is 19.1 Å². The molecule has 1 atom stereocenters. The topological polar surface area (TPSA) is 18.5 Å². The highest BCUT2D eigenvalue weighted by Gasteiger charge is 2.17. The van der Waals surface area contributed by atoms with Crippen LogP contribution >= 0.6 is 11.8 Å². The van der Waals surface area contributed by atoms with Gasteiger partial charge in [-0.25, -0.2) is 0 Å². The molecule has 0 aliphatic carbocycles. The molecule has 0 spiro atoms. The highest BCUT2D eigenvalue weighted by Crippen LogP contribution is 2.28. The first-order chi connectivity index (χ1) is 7.19. The van der Waals surface area contributed by atoms with E-state index in [0.29, 0.717) is 0 Å². The summed E-state index contributed by atoms with van der Waals surface area (Å²) >= 11 is 1.78. The SMILES string of the molecule is COC(OC)C(C)Sc1ccccc1C. The van der Waals surface area contributed by atoms with E-state index in [4.69, 9.17) is 9.47 Å². The van der Waals surface area contributed by atoms with Crippen molar-refractivity contribution in [2.75, 3.05) is 14.2 Å². The molecule has 2 nitrogen and oxygen atoms in total. The Morgan fingerprint density at radius 3 is 2.27 bits per heavy atom. The number of aryl methyl sites for hydroxylation is 1. The Balaban J connectivity index is 2.65. The van der Waals surface area contributed by atoms with Crippen LogP contribution in [0.5, 0.6) is 0 Å². The Bertz CT molecular complexity index is 297. The molecule has 0 N–H and O–H groups in total. The second kappa shape index (κ2) is 6.16. The van der Waals surface area contributed by atoms with E-state index in [1.54, 1.807) is 26.0 Å². The number of rotatable bonds is 5. The van der Waals surface area contributed by atoms with Crippen molar-refractivity contribution in [2.45, 2.75) is 30.3 Å². The lowest BCUT2D eigenvalue weighted by atomic mass is 10.2. The number of hydrogen-bond acceptors (Lipinski definition) is 3. The molecule has 1 rings (SSSR count). The molecule has 0 fully saturated rings. The summed E-state index contributed by atoms with van der Waals surface area (Å²) in [5.41, 5.74) is 1.29. The van der Waals surface area contributed by atoms with Crippen LogP contribution in [-0.4, -0.2) is 25.8 Å². The fourth-order valence-electron chi connectivity index (χ4n) is 1.42. The van der Waals surface area contributed by atoms with Gasteiger partial charge in [0.2, 0.25) is 0 Å². The third-order valence-corrected chi connectivity index (χ3v) is 3.56. The molecule has 0 bridgehead atoms. The van der Waals surface area contributed by atoms with Crippen molar-refractivity contribution in [2.24, 2.45) is 0 Å². The molecular formula is C12H18O2S. The van der Waals surface area contributed by atoms with Crippen molar-refractivity contribution in [3.05, 3.63) is 29.8 Å². The van der Waals surface area contributed by atoms with Crippen molar-refractivity contribution in [3.8, 4) is 0 Å². The highest BCUT2D eigenvalue weighted by atomic mass is 32.2. The zero-order valence-corrected chi connectivity index (χ0v) is 10.5. The summed E-state index contributed by atoms with van der Waals surface area (Å²) in [5.74, 6) is 0. The molecule has 84 valence electrons. The molecule has 1 aromatic rings. The molecule has 0 radical (unpaired) electrons. The Morgan fingerprint density at radius 2 is 1.73 bits per heavy atom. The van der Waals surface area contributed by atoms with E-state index >= 15 is 0 Å². The van der Waals surface area contributed by atoms with Gasteiger partial charge in [0.15, 0.2) is 6.29 Å². The van der Waals surface area contributed by atoms with Gasteiger partial charge in [0.05, 0.1) is 5.25 Å². The molecule has 0 saturated carbocycles. The number of ether oxygens (including phenoxy) is 2. The molecule has 0 aromatic heterocycles. The Kier molecular flexibility index (Phi) is 5.15. The smallest absolute Gasteiger partial charge is 0.168 e. The quantitative estimate of drug-likeness (QED) is 0.568. The Morgan fingerprint density at radius 1 is 1.13 bits per heavy atom. The molecule has 3 heteroatoms. The minimum atomic E-state index is -0.158. The lowest BCUT2D eigenvalue weighted by molar-refractivity contribution is -0.0988. The minimum Gasteiger partial charge on any atom is -0.355 e. The monoisotopic (exact) mass is 226 g/mol. The van der Waals surface area contributed by atoms with Gasteiger partial charge in [0.25, 0.3) is 0 Å². The van der Waals surface area contributed by atoms with Crippen molar-refractivity contribution in [3.63, 3.8) is 0 Å². The van der Waals surface area contributed by atoms with E-state index in [9.17, 15) is 0 Å². The third-order valence-electron chi connectivity index (χ3n) is 2.25. The lowest BCUT2D eigenvalue weighted by Gasteiger charge is -2.21. The average molecular weight is 226 g/mol. The standard InChI is InChI=1S/C12H18O2S/c1-9-7-5-6-8-11(9)15-10(2)12(13-3)14-4/h5-8,10,12H,1-4H3. The van der Waals surface area contributed by atoms with Crippen LogP contribution in [0.15, 0.2) is 29.2 Å². The van der Waals surface area contributed by atoms with Crippen LogP contribution < -0.4 is 0 Å². The Hall–Kier alpha value is -0.510. The van der Waals surface area contributed by atoms with E-state index in [-0.39, 0.29) is 11.5 Å². The molecule has 0 aliphatic rings. The normalized spacial score (nSPS) is 13.1. The first-order valence-corrected chi connectivity index (χ1v) is 5.85. The summed E-state index contributed by atoms with van der Waals surface area (Å²) in [5, 5.41) is 0.279. The maximum Gasteiger partial charge on any atom is 0.168 e. The number of hydrogen-bond donors (Lipinski definition) is 0. The molecule has 1 aromatic carbocycles. The molecular weight excluding hydrogens is 208 g/mol. The van der Waals surface area contributed by atoms with Crippen molar-refractivity contribution in [1.82, 2.24) is 0 Å². The summed E-state index contributed by atoms with van der Waals surface area (Å²) in [6, 6.07) is 8.34. The minimum absolute atomic E-state index is 0.158. The molecule has 0 aliphatic heterocycles. The van der Waals surface area contributed by atoms with E-state index in [2.05, 4.69) is 32.0 Å². The van der Waals surface area contributed by atoms with Crippen molar-refractivity contribution in [1.29, 1.82) is 0 Å². The summed E-state index contributed by atoms with van der Waals surface area (Å²) in [6.45, 7) is 4.22. The van der Waals surface area contributed by atoms with Crippen molar-refractivity contribution < 1.29 is 9.47 Å². The summed E-state index contributed by atoms with van der Waals surface area (Å²) in [6.07, 6.45) is -0.158. The summed E-state index contributed by atoms with van der Waals surface area (Å²) in [4.78, 5) is 1.28. The first-order valence-electron chi connectivity index (χ1n) is 4.97. The largest absolute Gasteiger partial charge is 0.355 e. The van der Waals surface area contributed by atoms with Gasteiger partial charge in [-0.05, 0) is 25.5 Å². The van der Waals surface area contributed by atoms with Crippen LogP contribution in [0.25, 0.3) is 0 Å². The van der Waals surface area contributed by atoms with Crippen LogP contribution in [0.2, 0.25) is 0 Å². The predicted molar refractivity (Wildman–Crippen MR) is 64.3 cm³/mol. The van der Waals surface area contributed by atoms with E-state index in [1.807, 2.05) is 6.07 Å². The van der Waals surface area contributed by atoms with E-state index < -0.39 is 0 Å². The van der Waals surface area contributed by atoms with Crippen LogP contribution in [0.1, 0.15) is 12.5 Å². The van der Waals surface area contributed by atoms with Crippen LogP contribution in [0.3, 0.4) is 0 Å². The maximum atomic E-state index is 5.23. The zero-order chi connectivity index (χ0) is 11.3. The molecule has 0 amide bonds. The predicted octanol–water partition coefficient (Wildman–Crippen LogP) is 3.09. The number of methoxy groups -OCH3 is 2. The molecule has 1 unspecified atom stereocenters.